The minimum atomic E-state index is 0.0523. The van der Waals surface area contributed by atoms with Crippen LogP contribution in [0.15, 0.2) is 12.3 Å². The third-order valence-electron chi connectivity index (χ3n) is 3.54. The highest BCUT2D eigenvalue weighted by atomic mass is 16.2. The highest BCUT2D eigenvalue weighted by Gasteiger charge is 2.19. The van der Waals surface area contributed by atoms with Crippen LogP contribution in [0.25, 0.3) is 0 Å². The molecule has 19 heavy (non-hydrogen) atoms. The van der Waals surface area contributed by atoms with Crippen molar-refractivity contribution in [3.63, 3.8) is 0 Å². The number of aromatic nitrogens is 2. The van der Waals surface area contributed by atoms with Crippen LogP contribution in [0.1, 0.15) is 39.7 Å². The van der Waals surface area contributed by atoms with Crippen molar-refractivity contribution in [2.24, 2.45) is 5.92 Å². The second kappa shape index (κ2) is 6.19. The molecule has 0 spiro atoms. The Morgan fingerprint density at radius 2 is 2.37 bits per heavy atom. The molecule has 1 aliphatic rings. The fraction of sp³-hybridized carbons (Fsp3) is 0.714. The van der Waals surface area contributed by atoms with Gasteiger partial charge in [0.25, 0.3) is 0 Å². The van der Waals surface area contributed by atoms with Crippen LogP contribution in [-0.2, 0) is 4.79 Å². The first-order valence-corrected chi connectivity index (χ1v) is 7.12. The van der Waals surface area contributed by atoms with Gasteiger partial charge >= 0.3 is 0 Å². The predicted molar refractivity (Wildman–Crippen MR) is 76.1 cm³/mol. The topological polar surface area (TPSA) is 50.2 Å². The lowest BCUT2D eigenvalue weighted by atomic mass is 10.0. The standard InChI is InChI=1S/C14H24N4O/c1-11(2)18-13(6-7-15-18)16-14(19)10-17-8-4-5-12(3)9-17/h6-7,11-12H,4-5,8-10H2,1-3H3,(H,16,19)/t12-/m0/s1. The Morgan fingerprint density at radius 1 is 1.58 bits per heavy atom. The second-order valence-electron chi connectivity index (χ2n) is 5.79. The Hall–Kier alpha value is -1.36. The Morgan fingerprint density at radius 3 is 3.05 bits per heavy atom. The molecule has 0 radical (unpaired) electrons. The maximum absolute atomic E-state index is 12.1. The molecule has 1 aromatic rings. The van der Waals surface area contributed by atoms with Crippen molar-refractivity contribution in [2.45, 2.75) is 39.7 Å². The van der Waals surface area contributed by atoms with E-state index in [0.29, 0.717) is 12.5 Å². The van der Waals surface area contributed by atoms with E-state index in [4.69, 9.17) is 0 Å². The summed E-state index contributed by atoms with van der Waals surface area (Å²) >= 11 is 0. The van der Waals surface area contributed by atoms with Crippen LogP contribution >= 0.6 is 0 Å². The number of hydrogen-bond acceptors (Lipinski definition) is 3. The summed E-state index contributed by atoms with van der Waals surface area (Å²) in [7, 11) is 0. The summed E-state index contributed by atoms with van der Waals surface area (Å²) in [6, 6.07) is 2.09. The van der Waals surface area contributed by atoms with Crippen molar-refractivity contribution in [2.75, 3.05) is 25.0 Å². The van der Waals surface area contributed by atoms with E-state index in [1.165, 1.54) is 12.8 Å². The average molecular weight is 264 g/mol. The number of anilines is 1. The van der Waals surface area contributed by atoms with Crippen LogP contribution in [-0.4, -0.2) is 40.2 Å². The molecule has 0 saturated carbocycles. The summed E-state index contributed by atoms with van der Waals surface area (Å²) < 4.78 is 1.83. The fourth-order valence-corrected chi connectivity index (χ4v) is 2.64. The van der Waals surface area contributed by atoms with Crippen LogP contribution in [0, 0.1) is 5.92 Å². The van der Waals surface area contributed by atoms with Crippen molar-refractivity contribution in [3.05, 3.63) is 12.3 Å². The molecule has 5 nitrogen and oxygen atoms in total. The van der Waals surface area contributed by atoms with Gasteiger partial charge in [0.15, 0.2) is 0 Å². The molecule has 1 aliphatic heterocycles. The Kier molecular flexibility index (Phi) is 4.58. The van der Waals surface area contributed by atoms with Gasteiger partial charge in [0.2, 0.25) is 5.91 Å². The Labute approximate surface area is 115 Å². The van der Waals surface area contributed by atoms with Crippen LogP contribution in [0.3, 0.4) is 0 Å². The highest BCUT2D eigenvalue weighted by molar-refractivity contribution is 5.91. The van der Waals surface area contributed by atoms with Gasteiger partial charge in [-0.15, -0.1) is 0 Å². The van der Waals surface area contributed by atoms with E-state index >= 15 is 0 Å². The molecular weight excluding hydrogens is 240 g/mol. The molecule has 106 valence electrons. The number of rotatable bonds is 4. The molecule has 1 fully saturated rings. The summed E-state index contributed by atoms with van der Waals surface area (Å²) in [5, 5.41) is 7.17. The molecule has 1 amide bonds. The summed E-state index contributed by atoms with van der Waals surface area (Å²) in [5.74, 6) is 1.53. The fourth-order valence-electron chi connectivity index (χ4n) is 2.64. The monoisotopic (exact) mass is 264 g/mol. The van der Waals surface area contributed by atoms with Crippen LogP contribution in [0.2, 0.25) is 0 Å². The maximum atomic E-state index is 12.1. The van der Waals surface area contributed by atoms with Gasteiger partial charge in [0.05, 0.1) is 12.7 Å². The number of amides is 1. The van der Waals surface area contributed by atoms with E-state index < -0.39 is 0 Å². The van der Waals surface area contributed by atoms with Crippen molar-refractivity contribution >= 4 is 11.7 Å². The zero-order chi connectivity index (χ0) is 13.8. The third kappa shape index (κ3) is 3.80. The quantitative estimate of drug-likeness (QED) is 0.906. The minimum Gasteiger partial charge on any atom is -0.310 e. The summed E-state index contributed by atoms with van der Waals surface area (Å²) in [6.07, 6.45) is 4.19. The molecule has 5 heteroatoms. The molecular formula is C14H24N4O. The van der Waals surface area contributed by atoms with E-state index in [0.717, 1.165) is 18.9 Å². The average Bonchev–Trinajstić information content (AvgIpc) is 2.76. The predicted octanol–water partition coefficient (Wildman–Crippen LogP) is 2.13. The number of hydrogen-bond donors (Lipinski definition) is 1. The van der Waals surface area contributed by atoms with Crippen molar-refractivity contribution < 1.29 is 4.79 Å². The summed E-state index contributed by atoms with van der Waals surface area (Å²) in [6.45, 7) is 8.88. The molecule has 1 atom stereocenters. The lowest BCUT2D eigenvalue weighted by molar-refractivity contribution is -0.117. The van der Waals surface area contributed by atoms with Gasteiger partial charge in [-0.1, -0.05) is 6.92 Å². The SMILES string of the molecule is CC(C)n1nccc1NC(=O)CN1CCC[C@H](C)C1. The number of carbonyl (C=O) groups is 1. The van der Waals surface area contributed by atoms with Crippen LogP contribution in [0.4, 0.5) is 5.82 Å². The molecule has 0 aliphatic carbocycles. The van der Waals surface area contributed by atoms with Gasteiger partial charge in [0, 0.05) is 18.7 Å². The van der Waals surface area contributed by atoms with Gasteiger partial charge < -0.3 is 5.32 Å². The molecule has 0 unspecified atom stereocenters. The molecule has 0 aromatic carbocycles. The lowest BCUT2D eigenvalue weighted by Gasteiger charge is -2.30. The summed E-state index contributed by atoms with van der Waals surface area (Å²) in [5.41, 5.74) is 0. The van der Waals surface area contributed by atoms with E-state index in [1.807, 2.05) is 10.7 Å². The van der Waals surface area contributed by atoms with E-state index in [2.05, 4.69) is 36.1 Å². The normalized spacial score (nSPS) is 20.7. The smallest absolute Gasteiger partial charge is 0.239 e. The number of carbonyl (C=O) groups excluding carboxylic acids is 1. The van der Waals surface area contributed by atoms with E-state index in [1.54, 1.807) is 6.20 Å². The lowest BCUT2D eigenvalue weighted by Crippen LogP contribution is -2.40. The molecule has 0 bridgehead atoms. The van der Waals surface area contributed by atoms with E-state index in [9.17, 15) is 4.79 Å². The first kappa shape index (κ1) is 14.1. The van der Waals surface area contributed by atoms with Crippen LogP contribution in [0.5, 0.6) is 0 Å². The molecule has 1 saturated heterocycles. The molecule has 2 rings (SSSR count). The molecule has 1 aromatic heterocycles. The molecule has 1 N–H and O–H groups in total. The number of piperidine rings is 1. The number of nitrogens with one attached hydrogen (secondary N) is 1. The minimum absolute atomic E-state index is 0.0523. The van der Waals surface area contributed by atoms with Gasteiger partial charge in [-0.05, 0) is 39.2 Å². The first-order chi connectivity index (χ1) is 9.06. The van der Waals surface area contributed by atoms with Crippen molar-refractivity contribution in [3.8, 4) is 0 Å². The Balaban J connectivity index is 1.88. The largest absolute Gasteiger partial charge is 0.310 e. The number of nitrogens with zero attached hydrogens (tertiary/aromatic N) is 3. The second-order valence-corrected chi connectivity index (χ2v) is 5.79. The zero-order valence-corrected chi connectivity index (χ0v) is 12.1. The van der Waals surface area contributed by atoms with Gasteiger partial charge in [0.1, 0.15) is 5.82 Å². The van der Waals surface area contributed by atoms with Crippen molar-refractivity contribution in [1.82, 2.24) is 14.7 Å². The van der Waals surface area contributed by atoms with Gasteiger partial charge in [-0.25, -0.2) is 4.68 Å². The number of likely N-dealkylation sites (tertiary alicyclic amines) is 1. The zero-order valence-electron chi connectivity index (χ0n) is 12.1. The summed E-state index contributed by atoms with van der Waals surface area (Å²) in [4.78, 5) is 14.3. The van der Waals surface area contributed by atoms with Gasteiger partial charge in [-0.3, -0.25) is 9.69 Å². The Bertz CT molecular complexity index is 427. The van der Waals surface area contributed by atoms with Crippen molar-refractivity contribution in [1.29, 1.82) is 0 Å². The molecule has 2 heterocycles. The highest BCUT2D eigenvalue weighted by Crippen LogP contribution is 2.16. The van der Waals surface area contributed by atoms with Gasteiger partial charge in [-0.2, -0.15) is 5.10 Å². The van der Waals surface area contributed by atoms with E-state index in [-0.39, 0.29) is 11.9 Å². The first-order valence-electron chi connectivity index (χ1n) is 7.12. The third-order valence-corrected chi connectivity index (χ3v) is 3.54. The maximum Gasteiger partial charge on any atom is 0.239 e. The van der Waals surface area contributed by atoms with Crippen LogP contribution < -0.4 is 5.32 Å².